The molecule has 0 bridgehead atoms. The van der Waals surface area contributed by atoms with Crippen LogP contribution in [0.4, 0.5) is 0 Å². The van der Waals surface area contributed by atoms with Crippen LogP contribution in [-0.2, 0) is 4.79 Å². The number of hydrogen-bond acceptors (Lipinski definition) is 3. The SMILES string of the molecule is C[C@@H]1N2C(=O)[C@@H](N)[C@@H]2SC1(C)C. The number of hydrogen-bond donors (Lipinski definition) is 1. The van der Waals surface area contributed by atoms with Crippen LogP contribution < -0.4 is 5.73 Å². The largest absolute Gasteiger partial charge is 0.323 e. The molecule has 0 aromatic heterocycles. The lowest BCUT2D eigenvalue weighted by atomic mass is 9.98. The Morgan fingerprint density at radius 1 is 1.58 bits per heavy atom. The zero-order chi connectivity index (χ0) is 9.09. The van der Waals surface area contributed by atoms with Gasteiger partial charge in [-0.25, -0.2) is 0 Å². The van der Waals surface area contributed by atoms with Crippen molar-refractivity contribution in [2.75, 3.05) is 0 Å². The summed E-state index contributed by atoms with van der Waals surface area (Å²) in [5, 5.41) is 0.238. The topological polar surface area (TPSA) is 46.3 Å². The molecular weight excluding hydrogens is 172 g/mol. The third-order valence-electron chi connectivity index (χ3n) is 2.97. The minimum atomic E-state index is -0.251. The molecule has 0 unspecified atom stereocenters. The maximum absolute atomic E-state index is 11.3. The number of amides is 1. The molecule has 0 saturated carbocycles. The second-order valence-electron chi connectivity index (χ2n) is 4.06. The maximum atomic E-state index is 11.3. The van der Waals surface area contributed by atoms with Crippen LogP contribution in [0, 0.1) is 0 Å². The Labute approximate surface area is 76.7 Å². The van der Waals surface area contributed by atoms with E-state index in [-0.39, 0.29) is 22.1 Å². The van der Waals surface area contributed by atoms with Crippen molar-refractivity contribution in [1.82, 2.24) is 4.90 Å². The van der Waals surface area contributed by atoms with Gasteiger partial charge >= 0.3 is 0 Å². The van der Waals surface area contributed by atoms with Crippen LogP contribution >= 0.6 is 11.8 Å². The molecule has 3 atom stereocenters. The summed E-state index contributed by atoms with van der Waals surface area (Å²) < 4.78 is 0.161. The summed E-state index contributed by atoms with van der Waals surface area (Å²) >= 11 is 1.82. The normalized spacial score (nSPS) is 44.2. The highest BCUT2D eigenvalue weighted by molar-refractivity contribution is 8.01. The standard InChI is InChI=1S/C8H14N2OS/c1-4-8(2,3)12-7-5(9)6(11)10(4)7/h4-5,7H,9H2,1-3H3/t4-,5+,7-/m0/s1. The van der Waals surface area contributed by atoms with Crippen LogP contribution in [-0.4, -0.2) is 33.0 Å². The highest BCUT2D eigenvalue weighted by Crippen LogP contribution is 2.49. The van der Waals surface area contributed by atoms with Crippen molar-refractivity contribution in [1.29, 1.82) is 0 Å². The quantitative estimate of drug-likeness (QED) is 0.557. The molecular formula is C8H14N2OS. The van der Waals surface area contributed by atoms with Crippen LogP contribution in [0.2, 0.25) is 0 Å². The Bertz CT molecular complexity index is 241. The summed E-state index contributed by atoms with van der Waals surface area (Å²) in [7, 11) is 0. The zero-order valence-electron chi connectivity index (χ0n) is 7.57. The lowest BCUT2D eigenvalue weighted by Crippen LogP contribution is -2.66. The number of carbonyl (C=O) groups excluding carboxylic acids is 1. The average molecular weight is 186 g/mol. The molecule has 68 valence electrons. The monoisotopic (exact) mass is 186 g/mol. The highest BCUT2D eigenvalue weighted by Gasteiger charge is 2.58. The molecule has 2 aliphatic rings. The first-order chi connectivity index (χ1) is 5.45. The minimum absolute atomic E-state index is 0.116. The van der Waals surface area contributed by atoms with Gasteiger partial charge in [-0.1, -0.05) is 0 Å². The molecule has 2 heterocycles. The predicted molar refractivity (Wildman–Crippen MR) is 49.7 cm³/mol. The summed E-state index contributed by atoms with van der Waals surface area (Å²) in [5.41, 5.74) is 5.68. The van der Waals surface area contributed by atoms with Crippen molar-refractivity contribution in [3.8, 4) is 0 Å². The van der Waals surface area contributed by atoms with E-state index in [1.165, 1.54) is 0 Å². The van der Waals surface area contributed by atoms with Gasteiger partial charge in [0.25, 0.3) is 0 Å². The Kier molecular flexibility index (Phi) is 1.52. The molecule has 2 saturated heterocycles. The van der Waals surface area contributed by atoms with Gasteiger partial charge in [0, 0.05) is 10.8 Å². The molecule has 0 aromatic carbocycles. The van der Waals surface area contributed by atoms with Gasteiger partial charge in [0.2, 0.25) is 5.91 Å². The Morgan fingerprint density at radius 3 is 2.67 bits per heavy atom. The van der Waals surface area contributed by atoms with E-state index in [4.69, 9.17) is 5.73 Å². The summed E-state index contributed by atoms with van der Waals surface area (Å²) in [6, 6.07) is 0.0685. The van der Waals surface area contributed by atoms with E-state index in [0.29, 0.717) is 6.04 Å². The molecule has 0 aliphatic carbocycles. The molecule has 2 N–H and O–H groups in total. The predicted octanol–water partition coefficient (Wildman–Crippen LogP) is 0.396. The summed E-state index contributed by atoms with van der Waals surface area (Å²) in [5.74, 6) is 0.116. The summed E-state index contributed by atoms with van der Waals surface area (Å²) in [6.07, 6.45) is 0. The third kappa shape index (κ3) is 0.796. The number of carbonyl (C=O) groups is 1. The fourth-order valence-electron chi connectivity index (χ4n) is 1.80. The van der Waals surface area contributed by atoms with Crippen molar-refractivity contribution in [2.45, 2.75) is 43.0 Å². The van der Waals surface area contributed by atoms with Gasteiger partial charge in [-0.05, 0) is 20.8 Å². The summed E-state index contributed by atoms with van der Waals surface area (Å²) in [6.45, 7) is 6.43. The molecule has 3 nitrogen and oxygen atoms in total. The van der Waals surface area contributed by atoms with E-state index in [2.05, 4.69) is 20.8 Å². The third-order valence-corrected chi connectivity index (χ3v) is 4.68. The van der Waals surface area contributed by atoms with Crippen LogP contribution in [0.3, 0.4) is 0 Å². The molecule has 2 fully saturated rings. The van der Waals surface area contributed by atoms with Crippen LogP contribution in [0.15, 0.2) is 0 Å². The zero-order valence-corrected chi connectivity index (χ0v) is 8.39. The minimum Gasteiger partial charge on any atom is -0.323 e. The average Bonchev–Trinajstić information content (AvgIpc) is 2.21. The lowest BCUT2D eigenvalue weighted by Gasteiger charge is -2.42. The van der Waals surface area contributed by atoms with E-state index >= 15 is 0 Å². The van der Waals surface area contributed by atoms with Crippen molar-refractivity contribution >= 4 is 17.7 Å². The summed E-state index contributed by atoms with van der Waals surface area (Å²) in [4.78, 5) is 13.2. The second-order valence-corrected chi connectivity index (χ2v) is 5.83. The first-order valence-electron chi connectivity index (χ1n) is 4.21. The van der Waals surface area contributed by atoms with Gasteiger partial charge in [0.1, 0.15) is 11.4 Å². The number of β-lactam (4-membered cyclic amide) rings is 1. The van der Waals surface area contributed by atoms with Crippen molar-refractivity contribution < 1.29 is 4.79 Å². The smallest absolute Gasteiger partial charge is 0.243 e. The molecule has 0 aromatic rings. The molecule has 0 spiro atoms. The van der Waals surface area contributed by atoms with E-state index < -0.39 is 0 Å². The molecule has 2 aliphatic heterocycles. The van der Waals surface area contributed by atoms with Gasteiger partial charge in [-0.3, -0.25) is 4.79 Å². The molecule has 4 heteroatoms. The lowest BCUT2D eigenvalue weighted by molar-refractivity contribution is -0.146. The first-order valence-corrected chi connectivity index (χ1v) is 5.08. The van der Waals surface area contributed by atoms with E-state index in [1.807, 2.05) is 16.7 Å². The van der Waals surface area contributed by atoms with Gasteiger partial charge in [-0.15, -0.1) is 11.8 Å². The number of thioether (sulfide) groups is 1. The number of nitrogens with zero attached hydrogens (tertiary/aromatic N) is 1. The Hall–Kier alpha value is -0.220. The van der Waals surface area contributed by atoms with Gasteiger partial charge < -0.3 is 10.6 Å². The number of rotatable bonds is 0. The van der Waals surface area contributed by atoms with Crippen molar-refractivity contribution in [3.05, 3.63) is 0 Å². The molecule has 12 heavy (non-hydrogen) atoms. The molecule has 2 rings (SSSR count). The molecule has 0 radical (unpaired) electrons. The van der Waals surface area contributed by atoms with Gasteiger partial charge in [-0.2, -0.15) is 0 Å². The Morgan fingerprint density at radius 2 is 2.17 bits per heavy atom. The van der Waals surface area contributed by atoms with Crippen LogP contribution in [0.25, 0.3) is 0 Å². The molecule has 1 amide bonds. The number of nitrogens with two attached hydrogens (primary N) is 1. The van der Waals surface area contributed by atoms with Gasteiger partial charge in [0.05, 0.1) is 0 Å². The van der Waals surface area contributed by atoms with Crippen LogP contribution in [0.5, 0.6) is 0 Å². The second kappa shape index (κ2) is 2.17. The first kappa shape index (κ1) is 8.38. The van der Waals surface area contributed by atoms with Crippen LogP contribution in [0.1, 0.15) is 20.8 Å². The number of fused-ring (bicyclic) bond motifs is 1. The fourth-order valence-corrected chi connectivity index (χ4v) is 3.39. The van der Waals surface area contributed by atoms with Crippen molar-refractivity contribution in [3.63, 3.8) is 0 Å². The highest BCUT2D eigenvalue weighted by atomic mass is 32.2. The van der Waals surface area contributed by atoms with E-state index in [9.17, 15) is 4.79 Å². The maximum Gasteiger partial charge on any atom is 0.243 e. The fraction of sp³-hybridized carbons (Fsp3) is 0.875. The van der Waals surface area contributed by atoms with Crippen molar-refractivity contribution in [2.24, 2.45) is 5.73 Å². The van der Waals surface area contributed by atoms with E-state index in [0.717, 1.165) is 0 Å². The van der Waals surface area contributed by atoms with Gasteiger partial charge in [0.15, 0.2) is 0 Å². The Balaban J connectivity index is 2.24. The van der Waals surface area contributed by atoms with E-state index in [1.54, 1.807) is 0 Å².